The number of amides is 1. The monoisotopic (exact) mass is 522 g/mol. The van der Waals surface area contributed by atoms with Crippen molar-refractivity contribution in [2.24, 2.45) is 4.36 Å². The molecule has 0 atom stereocenters. The summed E-state index contributed by atoms with van der Waals surface area (Å²) in [5.41, 5.74) is 2.68. The van der Waals surface area contributed by atoms with Crippen LogP contribution < -0.4 is 10.6 Å². The van der Waals surface area contributed by atoms with Crippen LogP contribution in [0, 0.1) is 0 Å². The number of nitrogens with one attached hydrogen (secondary N) is 2. The molecule has 2 aromatic carbocycles. The first kappa shape index (κ1) is 25.1. The second-order valence-electron chi connectivity index (χ2n) is 7.47. The van der Waals surface area contributed by atoms with Crippen molar-refractivity contribution in [2.45, 2.75) is 18.2 Å². The molecule has 0 fully saturated rings. The molecule has 0 spiro atoms. The van der Waals surface area contributed by atoms with Crippen molar-refractivity contribution in [1.29, 1.82) is 0 Å². The molecule has 11 heteroatoms. The maximum absolute atomic E-state index is 12.2. The predicted octanol–water partition coefficient (Wildman–Crippen LogP) is 5.97. The third kappa shape index (κ3) is 6.80. The van der Waals surface area contributed by atoms with Crippen LogP contribution in [0.5, 0.6) is 5.75 Å². The molecule has 0 unspecified atom stereocenters. The second-order valence-corrected chi connectivity index (χ2v) is 9.57. The first-order valence-corrected chi connectivity index (χ1v) is 13.1. The Morgan fingerprint density at radius 2 is 1.92 bits per heavy atom. The second kappa shape index (κ2) is 12.1. The molecule has 36 heavy (non-hydrogen) atoms. The van der Waals surface area contributed by atoms with Crippen LogP contribution in [0.1, 0.15) is 12.5 Å². The molecule has 2 aromatic heterocycles. The number of anilines is 3. The fourth-order valence-electron chi connectivity index (χ4n) is 3.23. The lowest BCUT2D eigenvalue weighted by Gasteiger charge is -2.13. The quantitative estimate of drug-likeness (QED) is 0.230. The van der Waals surface area contributed by atoms with E-state index < -0.39 is 16.7 Å². The minimum Gasteiger partial charge on any atom is -0.508 e. The topological polar surface area (TPSA) is 126 Å². The van der Waals surface area contributed by atoms with Crippen LogP contribution in [-0.4, -0.2) is 34.3 Å². The molecule has 0 bridgehead atoms. The van der Waals surface area contributed by atoms with Gasteiger partial charge in [0.1, 0.15) is 11.6 Å². The summed E-state index contributed by atoms with van der Waals surface area (Å²) in [6.45, 7) is 2.47. The van der Waals surface area contributed by atoms with Crippen LogP contribution >= 0.6 is 11.3 Å². The van der Waals surface area contributed by atoms with Crippen LogP contribution in [-0.2, 0) is 26.0 Å². The van der Waals surface area contributed by atoms with Gasteiger partial charge in [0, 0.05) is 23.3 Å². The van der Waals surface area contributed by atoms with Gasteiger partial charge in [0.05, 0.1) is 12.2 Å². The van der Waals surface area contributed by atoms with E-state index in [-0.39, 0.29) is 12.4 Å². The largest absolute Gasteiger partial charge is 0.508 e. The summed E-state index contributed by atoms with van der Waals surface area (Å²) in [5, 5.41) is 18.0. The van der Waals surface area contributed by atoms with Crippen LogP contribution in [0.15, 0.2) is 81.5 Å². The van der Waals surface area contributed by atoms with Crippen LogP contribution in [0.25, 0.3) is 10.4 Å². The first-order chi connectivity index (χ1) is 17.5. The van der Waals surface area contributed by atoms with E-state index in [0.717, 1.165) is 22.4 Å². The summed E-state index contributed by atoms with van der Waals surface area (Å²) in [5.74, 6) is 1.33. The van der Waals surface area contributed by atoms with Gasteiger partial charge in [-0.2, -0.15) is 4.98 Å². The fourth-order valence-corrected chi connectivity index (χ4v) is 4.63. The lowest BCUT2D eigenvalue weighted by atomic mass is 10.1. The molecular weight excluding hydrogens is 498 g/mol. The van der Waals surface area contributed by atoms with Gasteiger partial charge in [0.25, 0.3) is 0 Å². The molecule has 0 saturated heterocycles. The zero-order valence-corrected chi connectivity index (χ0v) is 21.0. The summed E-state index contributed by atoms with van der Waals surface area (Å²) in [7, 11) is -1.85. The highest BCUT2D eigenvalue weighted by Crippen LogP contribution is 2.31. The molecule has 0 aliphatic carbocycles. The number of thiophene rings is 1. The van der Waals surface area contributed by atoms with E-state index in [1.807, 2.05) is 29.6 Å². The van der Waals surface area contributed by atoms with E-state index in [1.165, 1.54) is 0 Å². The smallest absolute Gasteiger partial charge is 0.410 e. The molecule has 2 heterocycles. The van der Waals surface area contributed by atoms with Crippen LogP contribution in [0.2, 0.25) is 0 Å². The average Bonchev–Trinajstić information content (AvgIpc) is 3.41. The minimum absolute atomic E-state index is 0.168. The molecule has 1 amide bonds. The number of nitrogens with zero attached hydrogens (tertiary/aromatic N) is 3. The average molecular weight is 523 g/mol. The molecule has 3 N–H and O–H groups in total. The van der Waals surface area contributed by atoms with Crippen molar-refractivity contribution >= 4 is 45.5 Å². The lowest BCUT2D eigenvalue weighted by molar-refractivity contribution is 0.164. The zero-order valence-electron chi connectivity index (χ0n) is 19.4. The number of carbonyl (C=O) groups is 1. The third-order valence-corrected chi connectivity index (χ3v) is 6.85. The number of phenols is 1. The number of hydrogen-bond donors (Lipinski definition) is 3. The Bertz CT molecular complexity index is 1390. The van der Waals surface area contributed by atoms with Crippen LogP contribution in [0.3, 0.4) is 0 Å². The Morgan fingerprint density at radius 3 is 2.61 bits per heavy atom. The van der Waals surface area contributed by atoms with E-state index in [1.54, 1.807) is 60.9 Å². The first-order valence-electron chi connectivity index (χ1n) is 11.1. The number of rotatable bonds is 9. The molecule has 4 rings (SSSR count). The summed E-state index contributed by atoms with van der Waals surface area (Å²) in [6.07, 6.45) is 1.67. The third-order valence-electron chi connectivity index (χ3n) is 4.96. The van der Waals surface area contributed by atoms with Crippen molar-refractivity contribution < 1.29 is 18.8 Å². The van der Waals surface area contributed by atoms with Crippen molar-refractivity contribution in [3.05, 3.63) is 77.8 Å². The van der Waals surface area contributed by atoms with Gasteiger partial charge in [-0.3, -0.25) is 4.36 Å². The Balaban J connectivity index is 1.48. The van der Waals surface area contributed by atoms with Crippen molar-refractivity contribution in [2.75, 3.05) is 23.8 Å². The number of hydrogen-bond acceptors (Lipinski definition) is 10. The highest BCUT2D eigenvalue weighted by atomic mass is 32.2. The van der Waals surface area contributed by atoms with Gasteiger partial charge in [-0.05, 0) is 54.6 Å². The Hall–Kier alpha value is -3.96. The maximum Gasteiger partial charge on any atom is 0.410 e. The molecule has 0 saturated carbocycles. The van der Waals surface area contributed by atoms with E-state index >= 15 is 0 Å². The van der Waals surface area contributed by atoms with Crippen molar-refractivity contribution in [3.8, 4) is 16.2 Å². The van der Waals surface area contributed by atoms with Gasteiger partial charge in [-0.1, -0.05) is 35.2 Å². The molecule has 186 valence electrons. The minimum atomic E-state index is -1.85. The lowest BCUT2D eigenvalue weighted by Crippen LogP contribution is -2.09. The van der Waals surface area contributed by atoms with E-state index in [4.69, 9.17) is 4.74 Å². The number of ether oxygens (including phenoxy) is 1. The van der Waals surface area contributed by atoms with Gasteiger partial charge < -0.3 is 24.7 Å². The highest BCUT2D eigenvalue weighted by Gasteiger charge is 2.11. The summed E-state index contributed by atoms with van der Waals surface area (Å²) >= 11 is 1.60. The normalized spacial score (nSPS) is 11.7. The van der Waals surface area contributed by atoms with Gasteiger partial charge >= 0.3 is 6.09 Å². The highest BCUT2D eigenvalue weighted by molar-refractivity contribution is 7.75. The number of benzene rings is 2. The molecule has 9 nitrogen and oxygen atoms in total. The Labute approximate surface area is 214 Å². The summed E-state index contributed by atoms with van der Waals surface area (Å²) in [6, 6.07) is 17.8. The van der Waals surface area contributed by atoms with Crippen molar-refractivity contribution in [1.82, 2.24) is 9.97 Å². The molecule has 0 aliphatic heterocycles. The molecule has 4 aromatic rings. The Kier molecular flexibility index (Phi) is 8.48. The van der Waals surface area contributed by atoms with Gasteiger partial charge in [-0.15, -0.1) is 21.9 Å². The van der Waals surface area contributed by atoms with Crippen LogP contribution in [0.4, 0.5) is 22.2 Å². The van der Waals surface area contributed by atoms with Gasteiger partial charge in [-0.25, -0.2) is 9.78 Å². The zero-order chi connectivity index (χ0) is 25.3. The number of aromatic nitrogens is 2. The Morgan fingerprint density at radius 1 is 1.14 bits per heavy atom. The van der Waals surface area contributed by atoms with E-state index in [0.29, 0.717) is 28.9 Å². The molecule has 0 aliphatic rings. The standard InChI is InChI=1S/C25H24N5O4S2/c1-2-34-25(32)30-36(33)20-11-7-18(8-12-20)28-24-27-16-21(22-4-3-15-35-22)23(29-24)26-14-13-17-5-9-19(31)10-6-17/h3-12,15-16,31H,2,13-14H2,1H3,(H2,26,27,28,29)/q-1. The molecule has 0 radical (unpaired) electrons. The number of aromatic hydroxyl groups is 1. The molecular formula is C25H24N5O4S2-. The summed E-state index contributed by atoms with van der Waals surface area (Å²) < 4.78 is 20.4. The van der Waals surface area contributed by atoms with Crippen molar-refractivity contribution in [3.63, 3.8) is 0 Å². The van der Waals surface area contributed by atoms with Gasteiger partial charge in [0.15, 0.2) is 0 Å². The van der Waals surface area contributed by atoms with Gasteiger partial charge in [0.2, 0.25) is 5.95 Å². The summed E-state index contributed by atoms with van der Waals surface area (Å²) in [4.78, 5) is 22.0. The predicted molar refractivity (Wildman–Crippen MR) is 141 cm³/mol. The maximum atomic E-state index is 12.2. The van der Waals surface area contributed by atoms with E-state index in [2.05, 4.69) is 25.0 Å². The van der Waals surface area contributed by atoms with E-state index in [9.17, 15) is 14.1 Å². The number of phenolic OH excluding ortho intramolecular Hbond substituents is 1. The SMILES string of the molecule is CCOC(=O)N=[S-](=O)c1ccc(Nc2ncc(-c3cccs3)c(NCCc3ccc(O)cc3)n2)cc1. The number of carbonyl (C=O) groups excluding carboxylic acids is 1. The fraction of sp³-hybridized carbons (Fsp3) is 0.160.